The van der Waals surface area contributed by atoms with Crippen molar-refractivity contribution in [3.05, 3.63) is 0 Å². The Morgan fingerprint density at radius 1 is 1.27 bits per heavy atom. The molecular weight excluding hydrogens is 162 g/mol. The van der Waals surface area contributed by atoms with E-state index in [0.29, 0.717) is 6.10 Å². The fraction of sp³-hybridized carbons (Fsp3) is 1.00. The minimum atomic E-state index is 0. The van der Waals surface area contributed by atoms with Crippen molar-refractivity contribution in [3.63, 3.8) is 0 Å². The SMILES string of the molecule is CCOC(C)C[N+](C)(C)C.[Cl-]. The van der Waals surface area contributed by atoms with E-state index in [1.165, 1.54) is 0 Å². The molecule has 0 aromatic heterocycles. The minimum Gasteiger partial charge on any atom is -1.00 e. The second-order valence-corrected chi connectivity index (χ2v) is 3.74. The zero-order chi connectivity index (χ0) is 8.20. The summed E-state index contributed by atoms with van der Waals surface area (Å²) in [6, 6.07) is 0. The van der Waals surface area contributed by atoms with Crippen molar-refractivity contribution in [3.8, 4) is 0 Å². The number of hydrogen-bond acceptors (Lipinski definition) is 1. The highest BCUT2D eigenvalue weighted by Crippen LogP contribution is 1.97. The van der Waals surface area contributed by atoms with Crippen molar-refractivity contribution >= 4 is 0 Å². The molecule has 0 bridgehead atoms. The maximum absolute atomic E-state index is 5.40. The lowest BCUT2D eigenvalue weighted by atomic mass is 10.3. The lowest BCUT2D eigenvalue weighted by Crippen LogP contribution is -3.00. The van der Waals surface area contributed by atoms with Gasteiger partial charge in [-0.3, -0.25) is 0 Å². The number of quaternary nitrogens is 1. The molecule has 0 aromatic rings. The zero-order valence-electron chi connectivity index (χ0n) is 8.22. The number of nitrogens with zero attached hydrogens (tertiary/aromatic N) is 1. The molecule has 0 fully saturated rings. The van der Waals surface area contributed by atoms with Gasteiger partial charge in [0.2, 0.25) is 0 Å². The van der Waals surface area contributed by atoms with Crippen molar-refractivity contribution in [2.24, 2.45) is 0 Å². The maximum Gasteiger partial charge on any atom is 0.104 e. The molecule has 0 rings (SSSR count). The molecule has 11 heavy (non-hydrogen) atoms. The van der Waals surface area contributed by atoms with Crippen molar-refractivity contribution in [2.45, 2.75) is 20.0 Å². The second kappa shape index (κ2) is 5.81. The summed E-state index contributed by atoms with van der Waals surface area (Å²) in [6.45, 7) is 6.05. The maximum atomic E-state index is 5.40. The Morgan fingerprint density at radius 3 is 2.00 bits per heavy atom. The summed E-state index contributed by atoms with van der Waals surface area (Å²) >= 11 is 0. The molecule has 70 valence electrons. The van der Waals surface area contributed by atoms with Gasteiger partial charge in [-0.25, -0.2) is 0 Å². The zero-order valence-corrected chi connectivity index (χ0v) is 8.98. The molecular formula is C8H20ClNO. The molecule has 0 aliphatic carbocycles. The van der Waals surface area contributed by atoms with Crippen LogP contribution in [0.1, 0.15) is 13.8 Å². The van der Waals surface area contributed by atoms with Crippen LogP contribution >= 0.6 is 0 Å². The third-order valence-corrected chi connectivity index (χ3v) is 1.26. The van der Waals surface area contributed by atoms with Crippen LogP contribution in [-0.4, -0.2) is 44.9 Å². The molecule has 0 aliphatic heterocycles. The van der Waals surface area contributed by atoms with E-state index >= 15 is 0 Å². The summed E-state index contributed by atoms with van der Waals surface area (Å²) in [5, 5.41) is 0. The Morgan fingerprint density at radius 2 is 1.73 bits per heavy atom. The monoisotopic (exact) mass is 181 g/mol. The first-order valence-corrected chi connectivity index (χ1v) is 3.87. The molecule has 0 spiro atoms. The first kappa shape index (κ1) is 13.8. The van der Waals surface area contributed by atoms with Crippen LogP contribution in [-0.2, 0) is 4.74 Å². The van der Waals surface area contributed by atoms with Gasteiger partial charge < -0.3 is 21.6 Å². The first-order valence-electron chi connectivity index (χ1n) is 3.87. The molecule has 0 heterocycles. The molecule has 1 unspecified atom stereocenters. The number of ether oxygens (including phenoxy) is 1. The third-order valence-electron chi connectivity index (χ3n) is 1.26. The van der Waals surface area contributed by atoms with Crippen molar-refractivity contribution in [1.29, 1.82) is 0 Å². The average Bonchev–Trinajstić information content (AvgIpc) is 1.59. The van der Waals surface area contributed by atoms with Crippen molar-refractivity contribution < 1.29 is 21.6 Å². The Hall–Kier alpha value is 0.210. The molecule has 2 nitrogen and oxygen atoms in total. The van der Waals surface area contributed by atoms with E-state index in [0.717, 1.165) is 17.6 Å². The van der Waals surface area contributed by atoms with Gasteiger partial charge in [0.05, 0.1) is 21.1 Å². The van der Waals surface area contributed by atoms with Gasteiger partial charge in [0.15, 0.2) is 0 Å². The summed E-state index contributed by atoms with van der Waals surface area (Å²) < 4.78 is 6.38. The van der Waals surface area contributed by atoms with Crippen LogP contribution in [0.3, 0.4) is 0 Å². The quantitative estimate of drug-likeness (QED) is 0.462. The molecule has 3 heteroatoms. The predicted molar refractivity (Wildman–Crippen MR) is 44.0 cm³/mol. The molecule has 0 saturated heterocycles. The van der Waals surface area contributed by atoms with E-state index in [4.69, 9.17) is 4.74 Å². The van der Waals surface area contributed by atoms with E-state index in [-0.39, 0.29) is 12.4 Å². The standard InChI is InChI=1S/C8H20NO.ClH/c1-6-10-8(2)7-9(3,4)5;/h8H,6-7H2,1-5H3;1H/q+1;/p-1. The van der Waals surface area contributed by atoms with E-state index < -0.39 is 0 Å². The third kappa shape index (κ3) is 10.2. The lowest BCUT2D eigenvalue weighted by Gasteiger charge is -2.27. The van der Waals surface area contributed by atoms with Crippen LogP contribution in [0.25, 0.3) is 0 Å². The molecule has 0 aromatic carbocycles. The summed E-state index contributed by atoms with van der Waals surface area (Å²) in [5.41, 5.74) is 0. The highest BCUT2D eigenvalue weighted by Gasteiger charge is 2.12. The van der Waals surface area contributed by atoms with E-state index in [2.05, 4.69) is 28.1 Å². The molecule has 0 saturated carbocycles. The topological polar surface area (TPSA) is 9.23 Å². The Labute approximate surface area is 76.5 Å². The van der Waals surface area contributed by atoms with Gasteiger partial charge in [0.25, 0.3) is 0 Å². The number of halogens is 1. The van der Waals surface area contributed by atoms with E-state index in [1.54, 1.807) is 0 Å². The number of hydrogen-bond donors (Lipinski definition) is 0. The molecule has 0 aliphatic rings. The molecule has 0 radical (unpaired) electrons. The van der Waals surface area contributed by atoms with E-state index in [9.17, 15) is 0 Å². The van der Waals surface area contributed by atoms with Gasteiger partial charge in [-0.15, -0.1) is 0 Å². The van der Waals surface area contributed by atoms with Gasteiger partial charge in [-0.1, -0.05) is 0 Å². The Bertz CT molecular complexity index is 90.6. The smallest absolute Gasteiger partial charge is 0.104 e. The summed E-state index contributed by atoms with van der Waals surface area (Å²) in [5.74, 6) is 0. The number of likely N-dealkylation sites (N-methyl/N-ethyl adjacent to an activating group) is 1. The van der Waals surface area contributed by atoms with Crippen LogP contribution in [0.4, 0.5) is 0 Å². The first-order chi connectivity index (χ1) is 4.45. The van der Waals surface area contributed by atoms with Crippen LogP contribution in [0, 0.1) is 0 Å². The summed E-state index contributed by atoms with van der Waals surface area (Å²) in [4.78, 5) is 0. The summed E-state index contributed by atoms with van der Waals surface area (Å²) in [7, 11) is 6.53. The van der Waals surface area contributed by atoms with Crippen LogP contribution in [0.15, 0.2) is 0 Å². The van der Waals surface area contributed by atoms with Gasteiger partial charge >= 0.3 is 0 Å². The highest BCUT2D eigenvalue weighted by atomic mass is 35.5. The predicted octanol–water partition coefficient (Wildman–Crippen LogP) is -1.88. The number of rotatable bonds is 4. The average molecular weight is 182 g/mol. The fourth-order valence-corrected chi connectivity index (χ4v) is 1.11. The van der Waals surface area contributed by atoms with Gasteiger partial charge in [0, 0.05) is 6.61 Å². The highest BCUT2D eigenvalue weighted by molar-refractivity contribution is 4.44. The van der Waals surface area contributed by atoms with Crippen molar-refractivity contribution in [2.75, 3.05) is 34.3 Å². The van der Waals surface area contributed by atoms with Crippen LogP contribution < -0.4 is 12.4 Å². The second-order valence-electron chi connectivity index (χ2n) is 3.74. The Balaban J connectivity index is 0. The molecule has 0 amide bonds. The molecule has 0 N–H and O–H groups in total. The van der Waals surface area contributed by atoms with Gasteiger partial charge in [-0.2, -0.15) is 0 Å². The van der Waals surface area contributed by atoms with Crippen molar-refractivity contribution in [1.82, 2.24) is 0 Å². The Kier molecular flexibility index (Phi) is 7.28. The van der Waals surface area contributed by atoms with Gasteiger partial charge in [-0.05, 0) is 13.8 Å². The van der Waals surface area contributed by atoms with E-state index in [1.807, 2.05) is 6.92 Å². The summed E-state index contributed by atoms with van der Waals surface area (Å²) in [6.07, 6.45) is 0.380. The largest absolute Gasteiger partial charge is 1.00 e. The normalized spacial score (nSPS) is 13.9. The minimum absolute atomic E-state index is 0. The molecule has 1 atom stereocenters. The fourth-order valence-electron chi connectivity index (χ4n) is 1.11. The lowest BCUT2D eigenvalue weighted by molar-refractivity contribution is -0.873. The van der Waals surface area contributed by atoms with Crippen LogP contribution in [0.5, 0.6) is 0 Å². The van der Waals surface area contributed by atoms with Crippen LogP contribution in [0.2, 0.25) is 0 Å². The van der Waals surface area contributed by atoms with Gasteiger partial charge in [0.1, 0.15) is 12.6 Å².